The quantitative estimate of drug-likeness (QED) is 0.451. The molecule has 0 aliphatic heterocycles. The molecular weight excluding hydrogens is 100 g/mol. The van der Waals surface area contributed by atoms with Gasteiger partial charge in [-0.1, -0.05) is 0 Å². The summed E-state index contributed by atoms with van der Waals surface area (Å²) in [4.78, 5) is 6.39. The third-order valence-corrected chi connectivity index (χ3v) is 1.11. The van der Waals surface area contributed by atoms with E-state index in [1.165, 1.54) is 0 Å². The molecule has 2 nitrogen and oxygen atoms in total. The summed E-state index contributed by atoms with van der Waals surface area (Å²) in [6, 6.07) is -0.292. The molecule has 0 heterocycles. The topological polar surface area (TPSA) is 8.72 Å². The van der Waals surface area contributed by atoms with Crippen molar-refractivity contribution in [2.75, 3.05) is 0 Å². The maximum absolute atomic E-state index is 6.52. The van der Waals surface area contributed by atoms with Crippen molar-refractivity contribution in [1.29, 1.82) is 0 Å². The third kappa shape index (κ3) is 1.62. The van der Waals surface area contributed by atoms with Gasteiger partial charge in [-0.2, -0.15) is 0 Å². The lowest BCUT2D eigenvalue weighted by Crippen LogP contribution is -2.10. The molecule has 0 aromatic rings. The largest absolute Gasteiger partial charge is 0.305 e. The van der Waals surface area contributed by atoms with Crippen LogP contribution in [0.4, 0.5) is 0 Å². The molecule has 0 amide bonds. The van der Waals surface area contributed by atoms with Gasteiger partial charge in [0, 0.05) is 13.8 Å². The van der Waals surface area contributed by atoms with E-state index in [9.17, 15) is 0 Å². The lowest BCUT2D eigenvalue weighted by Gasteiger charge is -1.92. The second-order valence-electron chi connectivity index (χ2n) is 1.74. The van der Waals surface area contributed by atoms with Crippen LogP contribution in [0, 0.1) is 13.1 Å². The van der Waals surface area contributed by atoms with Gasteiger partial charge < -0.3 is 9.69 Å². The van der Waals surface area contributed by atoms with E-state index in [1.54, 1.807) is 13.8 Å². The van der Waals surface area contributed by atoms with Crippen LogP contribution >= 0.6 is 0 Å². The van der Waals surface area contributed by atoms with Crippen molar-refractivity contribution in [3.63, 3.8) is 0 Å². The number of hydrogen-bond donors (Lipinski definition) is 0. The summed E-state index contributed by atoms with van der Waals surface area (Å²) in [6.07, 6.45) is 0. The lowest BCUT2D eigenvalue weighted by atomic mass is 10.2. The molecular formula is C6H8N2. The van der Waals surface area contributed by atoms with Gasteiger partial charge in [0.15, 0.2) is 0 Å². The zero-order valence-electron chi connectivity index (χ0n) is 5.05. The second kappa shape index (κ2) is 3.04. The maximum atomic E-state index is 6.52. The summed E-state index contributed by atoms with van der Waals surface area (Å²) in [6.45, 7) is 16.6. The molecule has 42 valence electrons. The summed E-state index contributed by atoms with van der Waals surface area (Å²) in [5, 5.41) is 0. The molecule has 0 saturated carbocycles. The molecule has 0 saturated heterocycles. The van der Waals surface area contributed by atoms with Crippen molar-refractivity contribution in [2.24, 2.45) is 0 Å². The second-order valence-corrected chi connectivity index (χ2v) is 1.74. The standard InChI is InChI=1S/C6H8N2/c1-5(7-3)6(2)8-4/h5-6H,1-2H3. The zero-order chi connectivity index (χ0) is 6.57. The molecule has 0 aliphatic rings. The molecule has 0 aromatic carbocycles. The van der Waals surface area contributed by atoms with E-state index >= 15 is 0 Å². The highest BCUT2D eigenvalue weighted by Gasteiger charge is 2.18. The van der Waals surface area contributed by atoms with Gasteiger partial charge in [-0.3, -0.25) is 0 Å². The Morgan fingerprint density at radius 1 is 1.00 bits per heavy atom. The first-order valence-corrected chi connectivity index (χ1v) is 2.45. The van der Waals surface area contributed by atoms with Crippen LogP contribution in [0.25, 0.3) is 9.69 Å². The summed E-state index contributed by atoms with van der Waals surface area (Å²) in [7, 11) is 0. The van der Waals surface area contributed by atoms with E-state index in [0.717, 1.165) is 0 Å². The number of hydrogen-bond acceptors (Lipinski definition) is 0. The summed E-state index contributed by atoms with van der Waals surface area (Å²) in [5.74, 6) is 0. The van der Waals surface area contributed by atoms with E-state index in [1.807, 2.05) is 0 Å². The minimum absolute atomic E-state index is 0.146. The van der Waals surface area contributed by atoms with Gasteiger partial charge in [0.2, 0.25) is 0 Å². The van der Waals surface area contributed by atoms with E-state index in [2.05, 4.69) is 9.69 Å². The average Bonchev–Trinajstić information content (AvgIpc) is 1.84. The smallest absolute Gasteiger partial charge is 0.293 e. The van der Waals surface area contributed by atoms with Gasteiger partial charge in [0.25, 0.3) is 12.1 Å². The van der Waals surface area contributed by atoms with E-state index in [4.69, 9.17) is 13.1 Å². The fraction of sp³-hybridized carbons (Fsp3) is 0.667. The SMILES string of the molecule is [C-]#[N+]C(C)C(C)[N+]#[C-]. The molecule has 2 heteroatoms. The molecule has 0 rings (SSSR count). The monoisotopic (exact) mass is 108 g/mol. The molecule has 0 radical (unpaired) electrons. The van der Waals surface area contributed by atoms with Gasteiger partial charge in [-0.25, -0.2) is 13.1 Å². The number of rotatable bonds is 1. The molecule has 0 bridgehead atoms. The Morgan fingerprint density at radius 2 is 1.25 bits per heavy atom. The normalized spacial score (nSPS) is 15.5. The van der Waals surface area contributed by atoms with E-state index < -0.39 is 0 Å². The van der Waals surface area contributed by atoms with Crippen LogP contribution in [0.5, 0.6) is 0 Å². The summed E-state index contributed by atoms with van der Waals surface area (Å²) in [5.41, 5.74) is 0. The maximum Gasteiger partial charge on any atom is 0.293 e. The van der Waals surface area contributed by atoms with Crippen LogP contribution < -0.4 is 0 Å². The first kappa shape index (κ1) is 6.98. The fourth-order valence-corrected chi connectivity index (χ4v) is 0.216. The van der Waals surface area contributed by atoms with Gasteiger partial charge in [-0.05, 0) is 0 Å². The van der Waals surface area contributed by atoms with Crippen LogP contribution in [0.2, 0.25) is 0 Å². The van der Waals surface area contributed by atoms with Gasteiger partial charge in [0.1, 0.15) is 0 Å². The Hall–Kier alpha value is -1.02. The molecule has 0 spiro atoms. The summed E-state index contributed by atoms with van der Waals surface area (Å²) < 4.78 is 0. The molecule has 0 aliphatic carbocycles. The van der Waals surface area contributed by atoms with Gasteiger partial charge in [-0.15, -0.1) is 0 Å². The molecule has 8 heavy (non-hydrogen) atoms. The molecule has 0 fully saturated rings. The van der Waals surface area contributed by atoms with Crippen LogP contribution in [-0.2, 0) is 0 Å². The third-order valence-electron chi connectivity index (χ3n) is 1.11. The van der Waals surface area contributed by atoms with E-state index in [0.29, 0.717) is 0 Å². The molecule has 0 N–H and O–H groups in total. The molecule has 2 atom stereocenters. The fourth-order valence-electron chi connectivity index (χ4n) is 0.216. The highest BCUT2D eigenvalue weighted by atomic mass is 14.8. The minimum atomic E-state index is -0.146. The minimum Gasteiger partial charge on any atom is -0.305 e. The van der Waals surface area contributed by atoms with Crippen molar-refractivity contribution in [3.8, 4) is 0 Å². The van der Waals surface area contributed by atoms with Gasteiger partial charge >= 0.3 is 0 Å². The van der Waals surface area contributed by atoms with Crippen LogP contribution in [0.1, 0.15) is 13.8 Å². The van der Waals surface area contributed by atoms with Crippen molar-refractivity contribution in [1.82, 2.24) is 0 Å². The van der Waals surface area contributed by atoms with Crippen molar-refractivity contribution in [3.05, 3.63) is 22.8 Å². The van der Waals surface area contributed by atoms with Crippen LogP contribution in [0.15, 0.2) is 0 Å². The number of nitrogens with zero attached hydrogens (tertiary/aromatic N) is 2. The Balaban J connectivity index is 3.72. The highest BCUT2D eigenvalue weighted by molar-refractivity contribution is 4.90. The van der Waals surface area contributed by atoms with Crippen LogP contribution in [-0.4, -0.2) is 12.1 Å². The van der Waals surface area contributed by atoms with Crippen molar-refractivity contribution in [2.45, 2.75) is 25.9 Å². The van der Waals surface area contributed by atoms with Crippen molar-refractivity contribution >= 4 is 0 Å². The first-order chi connectivity index (χ1) is 3.72. The first-order valence-electron chi connectivity index (χ1n) is 2.45. The molecule has 2 unspecified atom stereocenters. The van der Waals surface area contributed by atoms with E-state index in [-0.39, 0.29) is 12.1 Å². The van der Waals surface area contributed by atoms with Gasteiger partial charge in [0.05, 0.1) is 0 Å². The molecule has 0 aromatic heterocycles. The Labute approximate surface area is 49.8 Å². The van der Waals surface area contributed by atoms with Crippen molar-refractivity contribution < 1.29 is 0 Å². The van der Waals surface area contributed by atoms with Crippen LogP contribution in [0.3, 0.4) is 0 Å². The Bertz CT molecular complexity index is 120. The highest BCUT2D eigenvalue weighted by Crippen LogP contribution is 1.99. The lowest BCUT2D eigenvalue weighted by molar-refractivity contribution is 0.755. The predicted molar refractivity (Wildman–Crippen MR) is 32.1 cm³/mol. The average molecular weight is 108 g/mol. The predicted octanol–water partition coefficient (Wildman–Crippen LogP) is 1.60. The Morgan fingerprint density at radius 3 is 1.38 bits per heavy atom. The zero-order valence-corrected chi connectivity index (χ0v) is 5.05. The summed E-state index contributed by atoms with van der Waals surface area (Å²) >= 11 is 0. The Kier molecular flexibility index (Phi) is 2.66.